The van der Waals surface area contributed by atoms with Crippen molar-refractivity contribution in [1.29, 1.82) is 0 Å². The van der Waals surface area contributed by atoms with Crippen LogP contribution in [-0.2, 0) is 17.8 Å². The van der Waals surface area contributed by atoms with Crippen molar-refractivity contribution in [2.45, 2.75) is 26.3 Å². The van der Waals surface area contributed by atoms with E-state index in [0.717, 1.165) is 16.9 Å². The van der Waals surface area contributed by atoms with Crippen molar-refractivity contribution < 1.29 is 14.1 Å². The second kappa shape index (κ2) is 8.49. The maximum atomic E-state index is 12.4. The zero-order chi connectivity index (χ0) is 19.2. The molecule has 0 radical (unpaired) electrons. The predicted octanol–water partition coefficient (Wildman–Crippen LogP) is 3.64. The van der Waals surface area contributed by atoms with Gasteiger partial charge in [-0.2, -0.15) is 4.98 Å². The van der Waals surface area contributed by atoms with Crippen LogP contribution in [0.4, 0.5) is 0 Å². The zero-order valence-corrected chi connectivity index (χ0v) is 15.8. The molecular formula is C21H23N3O3. The lowest BCUT2D eigenvalue weighted by molar-refractivity contribution is -0.130. The summed E-state index contributed by atoms with van der Waals surface area (Å²) in [7, 11) is 3.42. The smallest absolute Gasteiger partial charge is 0.227 e. The van der Waals surface area contributed by atoms with E-state index in [1.807, 2.05) is 55.5 Å². The third kappa shape index (κ3) is 4.94. The van der Waals surface area contributed by atoms with Crippen molar-refractivity contribution in [3.63, 3.8) is 0 Å². The molecule has 3 rings (SSSR count). The minimum absolute atomic E-state index is 0.0286. The molecule has 0 unspecified atom stereocenters. The lowest BCUT2D eigenvalue weighted by atomic mass is 10.1. The number of nitrogens with zero attached hydrogens (tertiary/aromatic N) is 3. The van der Waals surface area contributed by atoms with Gasteiger partial charge in [-0.1, -0.05) is 47.1 Å². The molecule has 0 saturated heterocycles. The van der Waals surface area contributed by atoms with Crippen LogP contribution in [0.3, 0.4) is 0 Å². The Labute approximate surface area is 158 Å². The number of benzene rings is 2. The fraction of sp³-hybridized carbons (Fsp3) is 0.286. The number of amides is 1. The average molecular weight is 365 g/mol. The maximum absolute atomic E-state index is 12.4. The summed E-state index contributed by atoms with van der Waals surface area (Å²) in [6.07, 6.45) is 0.743. The Morgan fingerprint density at radius 1 is 1.11 bits per heavy atom. The van der Waals surface area contributed by atoms with Crippen molar-refractivity contribution >= 4 is 5.91 Å². The van der Waals surface area contributed by atoms with Crippen LogP contribution in [0.15, 0.2) is 53.1 Å². The van der Waals surface area contributed by atoms with Gasteiger partial charge in [0.2, 0.25) is 17.6 Å². The van der Waals surface area contributed by atoms with Gasteiger partial charge in [0.25, 0.3) is 0 Å². The minimum Gasteiger partial charge on any atom is -0.497 e. The fourth-order valence-corrected chi connectivity index (χ4v) is 2.67. The van der Waals surface area contributed by atoms with E-state index in [9.17, 15) is 4.79 Å². The Kier molecular flexibility index (Phi) is 5.86. The molecule has 2 aromatic carbocycles. The first-order valence-corrected chi connectivity index (χ1v) is 8.81. The highest BCUT2D eigenvalue weighted by atomic mass is 16.5. The van der Waals surface area contributed by atoms with Crippen LogP contribution in [0.25, 0.3) is 11.4 Å². The molecule has 6 nitrogen and oxygen atoms in total. The molecule has 0 saturated carbocycles. The van der Waals surface area contributed by atoms with Gasteiger partial charge in [-0.15, -0.1) is 0 Å². The lowest BCUT2D eigenvalue weighted by Crippen LogP contribution is -2.26. The van der Waals surface area contributed by atoms with Crippen molar-refractivity contribution in [2.24, 2.45) is 0 Å². The molecular weight excluding hydrogens is 342 g/mol. The maximum Gasteiger partial charge on any atom is 0.227 e. The normalized spacial score (nSPS) is 10.6. The van der Waals surface area contributed by atoms with Crippen LogP contribution < -0.4 is 4.74 Å². The van der Waals surface area contributed by atoms with E-state index in [-0.39, 0.29) is 5.91 Å². The third-order valence-corrected chi connectivity index (χ3v) is 4.34. The molecule has 3 aromatic rings. The van der Waals surface area contributed by atoms with Crippen molar-refractivity contribution in [3.05, 3.63) is 65.5 Å². The van der Waals surface area contributed by atoms with Crippen LogP contribution in [0.5, 0.6) is 5.75 Å². The number of carbonyl (C=O) groups is 1. The third-order valence-electron chi connectivity index (χ3n) is 4.34. The van der Waals surface area contributed by atoms with Gasteiger partial charge in [0.15, 0.2) is 0 Å². The van der Waals surface area contributed by atoms with E-state index in [4.69, 9.17) is 9.26 Å². The van der Waals surface area contributed by atoms with E-state index < -0.39 is 0 Å². The molecule has 27 heavy (non-hydrogen) atoms. The molecule has 0 N–H and O–H groups in total. The molecule has 140 valence electrons. The number of aryl methyl sites for hydroxylation is 2. The Bertz CT molecular complexity index is 886. The molecule has 0 aliphatic rings. The highest BCUT2D eigenvalue weighted by Gasteiger charge is 2.13. The van der Waals surface area contributed by atoms with Gasteiger partial charge in [-0.25, -0.2) is 0 Å². The SMILES string of the molecule is COc1ccc(CN(C)C(=O)CCc2nc(-c3ccc(C)cc3)no2)cc1. The molecule has 0 aliphatic heterocycles. The molecule has 6 heteroatoms. The van der Waals surface area contributed by atoms with Crippen molar-refractivity contribution in [3.8, 4) is 17.1 Å². The van der Waals surface area contributed by atoms with E-state index in [1.54, 1.807) is 19.1 Å². The van der Waals surface area contributed by atoms with Crippen LogP contribution >= 0.6 is 0 Å². The molecule has 0 bridgehead atoms. The first-order valence-electron chi connectivity index (χ1n) is 8.81. The van der Waals surface area contributed by atoms with Crippen molar-refractivity contribution in [1.82, 2.24) is 15.0 Å². The first-order chi connectivity index (χ1) is 13.0. The molecule has 1 heterocycles. The standard InChI is InChI=1S/C21H23N3O3/c1-15-4-8-17(9-5-15)21-22-19(27-23-21)12-13-20(25)24(2)14-16-6-10-18(26-3)11-7-16/h4-11H,12-14H2,1-3H3. The number of ether oxygens (including phenoxy) is 1. The van der Waals surface area contributed by atoms with E-state index in [2.05, 4.69) is 10.1 Å². The molecule has 0 atom stereocenters. The molecule has 1 aromatic heterocycles. The highest BCUT2D eigenvalue weighted by Crippen LogP contribution is 2.17. The van der Waals surface area contributed by atoms with Gasteiger partial charge in [0.05, 0.1) is 7.11 Å². The van der Waals surface area contributed by atoms with Gasteiger partial charge in [0.1, 0.15) is 5.75 Å². The summed E-state index contributed by atoms with van der Waals surface area (Å²) < 4.78 is 10.4. The van der Waals surface area contributed by atoms with Gasteiger partial charge in [0, 0.05) is 32.0 Å². The van der Waals surface area contributed by atoms with Crippen LogP contribution in [0, 0.1) is 6.92 Å². The average Bonchev–Trinajstić information content (AvgIpc) is 3.16. The van der Waals surface area contributed by atoms with Gasteiger partial charge in [-0.05, 0) is 24.6 Å². The quantitative estimate of drug-likeness (QED) is 0.639. The van der Waals surface area contributed by atoms with E-state index in [0.29, 0.717) is 31.1 Å². The summed E-state index contributed by atoms with van der Waals surface area (Å²) in [4.78, 5) is 18.4. The summed E-state index contributed by atoms with van der Waals surface area (Å²) in [6.45, 7) is 2.57. The highest BCUT2D eigenvalue weighted by molar-refractivity contribution is 5.76. The largest absolute Gasteiger partial charge is 0.497 e. The Hall–Kier alpha value is -3.15. The van der Waals surface area contributed by atoms with E-state index >= 15 is 0 Å². The second-order valence-electron chi connectivity index (χ2n) is 6.48. The Morgan fingerprint density at radius 2 is 1.81 bits per heavy atom. The summed E-state index contributed by atoms with van der Waals surface area (Å²) in [5.74, 6) is 1.84. The second-order valence-corrected chi connectivity index (χ2v) is 6.48. The van der Waals surface area contributed by atoms with E-state index in [1.165, 1.54) is 5.56 Å². The van der Waals surface area contributed by atoms with Crippen LogP contribution in [0.1, 0.15) is 23.4 Å². The predicted molar refractivity (Wildman–Crippen MR) is 102 cm³/mol. The van der Waals surface area contributed by atoms with Crippen molar-refractivity contribution in [2.75, 3.05) is 14.2 Å². The van der Waals surface area contributed by atoms with Crippen LogP contribution in [0.2, 0.25) is 0 Å². The minimum atomic E-state index is 0.0286. The Morgan fingerprint density at radius 3 is 2.48 bits per heavy atom. The molecule has 0 spiro atoms. The summed E-state index contributed by atoms with van der Waals surface area (Å²) in [5, 5.41) is 4.00. The zero-order valence-electron chi connectivity index (χ0n) is 15.8. The summed E-state index contributed by atoms with van der Waals surface area (Å²) in [5.41, 5.74) is 3.12. The first kappa shape index (κ1) is 18.6. The lowest BCUT2D eigenvalue weighted by Gasteiger charge is -2.17. The van der Waals surface area contributed by atoms with Gasteiger partial charge in [-0.3, -0.25) is 4.79 Å². The molecule has 0 fully saturated rings. The monoisotopic (exact) mass is 365 g/mol. The number of methoxy groups -OCH3 is 1. The number of carbonyl (C=O) groups excluding carboxylic acids is 1. The number of rotatable bonds is 7. The van der Waals surface area contributed by atoms with Gasteiger partial charge < -0.3 is 14.2 Å². The van der Waals surface area contributed by atoms with Gasteiger partial charge >= 0.3 is 0 Å². The number of aromatic nitrogens is 2. The summed E-state index contributed by atoms with van der Waals surface area (Å²) >= 11 is 0. The fourth-order valence-electron chi connectivity index (χ4n) is 2.67. The molecule has 0 aliphatic carbocycles. The van der Waals surface area contributed by atoms with Crippen LogP contribution in [-0.4, -0.2) is 35.1 Å². The summed E-state index contributed by atoms with van der Waals surface area (Å²) in [6, 6.07) is 15.6. The number of hydrogen-bond acceptors (Lipinski definition) is 5. The number of hydrogen-bond donors (Lipinski definition) is 0. The topological polar surface area (TPSA) is 68.5 Å². The molecule has 1 amide bonds. The Balaban J connectivity index is 1.53.